The molecule has 0 aromatic heterocycles. The molecule has 0 fully saturated rings. The normalized spacial score (nSPS) is 19.3. The second kappa shape index (κ2) is 2.98. The summed E-state index contributed by atoms with van der Waals surface area (Å²) < 4.78 is 0. The molecule has 0 amide bonds. The van der Waals surface area contributed by atoms with E-state index >= 15 is 0 Å². The van der Waals surface area contributed by atoms with E-state index in [9.17, 15) is 0 Å². The van der Waals surface area contributed by atoms with E-state index in [0.29, 0.717) is 0 Å². The highest BCUT2D eigenvalue weighted by molar-refractivity contribution is 6.83. The zero-order valence-corrected chi connectivity index (χ0v) is 9.07. The Morgan fingerprint density at radius 3 is 2.27 bits per heavy atom. The van der Waals surface area contributed by atoms with E-state index in [1.165, 1.54) is 12.8 Å². The van der Waals surface area contributed by atoms with Gasteiger partial charge in [-0.2, -0.15) is 0 Å². The van der Waals surface area contributed by atoms with Crippen LogP contribution in [0.25, 0.3) is 0 Å². The molecule has 1 heteroatoms. The first-order valence-corrected chi connectivity index (χ1v) is 7.88. The SMILES string of the molecule is CC1=CC([Si](C)(C)C)=CCC1. The van der Waals surface area contributed by atoms with Gasteiger partial charge in [0.15, 0.2) is 0 Å². The maximum absolute atomic E-state index is 2.43. The zero-order valence-electron chi connectivity index (χ0n) is 8.07. The largest absolute Gasteiger partial charge is 0.0850 e. The second-order valence-corrected chi connectivity index (χ2v) is 9.52. The highest BCUT2D eigenvalue weighted by Gasteiger charge is 2.18. The van der Waals surface area contributed by atoms with Crippen LogP contribution in [0, 0.1) is 0 Å². The van der Waals surface area contributed by atoms with Gasteiger partial charge in [-0.15, -0.1) is 0 Å². The van der Waals surface area contributed by atoms with Crippen LogP contribution in [0.2, 0.25) is 19.6 Å². The molecule has 0 aromatic carbocycles. The highest BCUT2D eigenvalue weighted by atomic mass is 28.3. The Bertz CT molecular complexity index is 203. The average molecular weight is 166 g/mol. The van der Waals surface area contributed by atoms with Gasteiger partial charge in [-0.3, -0.25) is 0 Å². The van der Waals surface area contributed by atoms with E-state index in [0.717, 1.165) is 0 Å². The lowest BCUT2D eigenvalue weighted by Gasteiger charge is -2.21. The van der Waals surface area contributed by atoms with Gasteiger partial charge < -0.3 is 0 Å². The van der Waals surface area contributed by atoms with Gasteiger partial charge in [-0.05, 0) is 19.8 Å². The Hall–Kier alpha value is -0.303. The molecule has 0 aromatic rings. The van der Waals surface area contributed by atoms with E-state index in [-0.39, 0.29) is 0 Å². The number of rotatable bonds is 1. The molecular formula is C10H18Si. The predicted octanol–water partition coefficient (Wildman–Crippen LogP) is 3.53. The van der Waals surface area contributed by atoms with Crippen molar-refractivity contribution in [1.82, 2.24) is 0 Å². The molecule has 0 aliphatic heterocycles. The monoisotopic (exact) mass is 166 g/mol. The lowest BCUT2D eigenvalue weighted by Crippen LogP contribution is -2.23. The molecule has 0 unspecified atom stereocenters. The van der Waals surface area contributed by atoms with E-state index in [2.05, 4.69) is 38.7 Å². The third-order valence-corrected chi connectivity index (χ3v) is 4.25. The third kappa shape index (κ3) is 2.33. The second-order valence-electron chi connectivity index (χ2n) is 4.44. The van der Waals surface area contributed by atoms with Crippen LogP contribution in [-0.2, 0) is 0 Å². The highest BCUT2D eigenvalue weighted by Crippen LogP contribution is 2.24. The van der Waals surface area contributed by atoms with Crippen LogP contribution in [0.15, 0.2) is 22.9 Å². The molecule has 1 aliphatic carbocycles. The number of hydrogen-bond acceptors (Lipinski definition) is 0. The van der Waals surface area contributed by atoms with Crippen molar-refractivity contribution in [1.29, 1.82) is 0 Å². The molecule has 0 nitrogen and oxygen atoms in total. The summed E-state index contributed by atoms with van der Waals surface area (Å²) in [7, 11) is -1.01. The number of hydrogen-bond donors (Lipinski definition) is 0. The fourth-order valence-electron chi connectivity index (χ4n) is 1.37. The Morgan fingerprint density at radius 2 is 1.91 bits per heavy atom. The van der Waals surface area contributed by atoms with Crippen molar-refractivity contribution in [3.05, 3.63) is 22.9 Å². The molecule has 0 saturated carbocycles. The van der Waals surface area contributed by atoms with Crippen molar-refractivity contribution in [2.45, 2.75) is 39.4 Å². The van der Waals surface area contributed by atoms with Crippen LogP contribution < -0.4 is 0 Å². The van der Waals surface area contributed by atoms with Crippen molar-refractivity contribution in [3.63, 3.8) is 0 Å². The van der Waals surface area contributed by atoms with E-state index in [4.69, 9.17) is 0 Å². The van der Waals surface area contributed by atoms with Gasteiger partial charge in [0.1, 0.15) is 0 Å². The maximum atomic E-state index is 2.43. The molecule has 11 heavy (non-hydrogen) atoms. The summed E-state index contributed by atoms with van der Waals surface area (Å²) in [4.78, 5) is 0. The van der Waals surface area contributed by atoms with Crippen LogP contribution in [-0.4, -0.2) is 8.07 Å². The summed E-state index contributed by atoms with van der Waals surface area (Å²) in [6, 6.07) is 0. The van der Waals surface area contributed by atoms with Crippen molar-refractivity contribution in [2.75, 3.05) is 0 Å². The van der Waals surface area contributed by atoms with Crippen LogP contribution in [0.3, 0.4) is 0 Å². The standard InChI is InChI=1S/C10H18Si/c1-9-6-5-7-10(8-9)11(2,3)4/h7-8H,5-6H2,1-4H3. The van der Waals surface area contributed by atoms with Crippen LogP contribution >= 0.6 is 0 Å². The summed E-state index contributed by atoms with van der Waals surface area (Å²) in [5.41, 5.74) is 1.56. The summed E-state index contributed by atoms with van der Waals surface area (Å²) in [6.45, 7) is 9.48. The van der Waals surface area contributed by atoms with E-state index in [1.54, 1.807) is 10.8 Å². The summed E-state index contributed by atoms with van der Waals surface area (Å²) in [5.74, 6) is 0. The van der Waals surface area contributed by atoms with Crippen molar-refractivity contribution < 1.29 is 0 Å². The van der Waals surface area contributed by atoms with Crippen LogP contribution in [0.1, 0.15) is 19.8 Å². The zero-order chi connectivity index (χ0) is 8.48. The molecule has 62 valence electrons. The minimum absolute atomic E-state index is 1.01. The molecule has 1 rings (SSSR count). The average Bonchev–Trinajstić information content (AvgIpc) is 1.86. The molecule has 0 radical (unpaired) electrons. The Kier molecular flexibility index (Phi) is 2.38. The predicted molar refractivity (Wildman–Crippen MR) is 54.4 cm³/mol. The fourth-order valence-corrected chi connectivity index (χ4v) is 2.81. The fraction of sp³-hybridized carbons (Fsp3) is 0.600. The molecule has 1 aliphatic rings. The first-order chi connectivity index (χ1) is 5.00. The molecule has 0 heterocycles. The Balaban J connectivity index is 2.82. The maximum Gasteiger partial charge on any atom is 0.0771 e. The molecule has 0 atom stereocenters. The first kappa shape index (κ1) is 8.79. The molecule has 0 bridgehead atoms. The van der Waals surface area contributed by atoms with Gasteiger partial charge in [-0.1, -0.05) is 42.6 Å². The lowest BCUT2D eigenvalue weighted by atomic mass is 10.1. The van der Waals surface area contributed by atoms with Crippen molar-refractivity contribution in [3.8, 4) is 0 Å². The van der Waals surface area contributed by atoms with Gasteiger partial charge in [0.2, 0.25) is 0 Å². The molecular weight excluding hydrogens is 148 g/mol. The van der Waals surface area contributed by atoms with Crippen molar-refractivity contribution >= 4 is 8.07 Å². The van der Waals surface area contributed by atoms with E-state index < -0.39 is 8.07 Å². The third-order valence-electron chi connectivity index (χ3n) is 2.17. The molecule has 0 spiro atoms. The molecule has 0 saturated heterocycles. The number of allylic oxidation sites excluding steroid dienone is 4. The minimum atomic E-state index is -1.01. The van der Waals surface area contributed by atoms with Crippen molar-refractivity contribution in [2.24, 2.45) is 0 Å². The van der Waals surface area contributed by atoms with Gasteiger partial charge in [0.25, 0.3) is 0 Å². The van der Waals surface area contributed by atoms with Crippen LogP contribution in [0.5, 0.6) is 0 Å². The Labute approximate surface area is 71.0 Å². The quantitative estimate of drug-likeness (QED) is 0.523. The summed E-state index contributed by atoms with van der Waals surface area (Å²) in [6.07, 6.45) is 7.37. The van der Waals surface area contributed by atoms with Gasteiger partial charge in [-0.25, -0.2) is 0 Å². The first-order valence-electron chi connectivity index (χ1n) is 4.38. The van der Waals surface area contributed by atoms with E-state index in [1.807, 2.05) is 0 Å². The topological polar surface area (TPSA) is 0 Å². The van der Waals surface area contributed by atoms with Gasteiger partial charge in [0, 0.05) is 0 Å². The Morgan fingerprint density at radius 1 is 1.27 bits per heavy atom. The van der Waals surface area contributed by atoms with Gasteiger partial charge in [0.05, 0.1) is 8.07 Å². The molecule has 0 N–H and O–H groups in total. The summed E-state index contributed by atoms with van der Waals surface area (Å²) >= 11 is 0. The minimum Gasteiger partial charge on any atom is -0.0850 e. The van der Waals surface area contributed by atoms with Crippen LogP contribution in [0.4, 0.5) is 0 Å². The lowest BCUT2D eigenvalue weighted by molar-refractivity contribution is 0.955. The smallest absolute Gasteiger partial charge is 0.0771 e. The summed E-state index contributed by atoms with van der Waals surface area (Å²) in [5, 5.41) is 1.64. The van der Waals surface area contributed by atoms with Gasteiger partial charge >= 0.3 is 0 Å².